The highest BCUT2D eigenvalue weighted by Gasteiger charge is 2.08. The van der Waals surface area contributed by atoms with Crippen LogP contribution < -0.4 is 0 Å². The van der Waals surface area contributed by atoms with E-state index in [1.54, 1.807) is 6.92 Å². The van der Waals surface area contributed by atoms with E-state index in [-0.39, 0.29) is 5.78 Å². The molecule has 2 rings (SSSR count). The number of hydrogen-bond acceptors (Lipinski definition) is 2. The van der Waals surface area contributed by atoms with E-state index in [4.69, 9.17) is 0 Å². The zero-order chi connectivity index (χ0) is 17.7. The van der Waals surface area contributed by atoms with Crippen molar-refractivity contribution >= 4 is 23.1 Å². The quantitative estimate of drug-likeness (QED) is 0.576. The monoisotopic (exact) mass is 338 g/mol. The summed E-state index contributed by atoms with van der Waals surface area (Å²) < 4.78 is 0. The number of rotatable bonds is 6. The summed E-state index contributed by atoms with van der Waals surface area (Å²) >= 11 is 1.86. The maximum Gasteiger partial charge on any atom is 0.134 e. The van der Waals surface area contributed by atoms with Crippen LogP contribution in [-0.2, 0) is 10.5 Å². The highest BCUT2D eigenvalue weighted by atomic mass is 32.2. The third kappa shape index (κ3) is 4.85. The van der Waals surface area contributed by atoms with E-state index in [2.05, 4.69) is 57.2 Å². The molecule has 1 nitrogen and oxygen atoms in total. The van der Waals surface area contributed by atoms with Gasteiger partial charge in [-0.3, -0.25) is 4.79 Å². The summed E-state index contributed by atoms with van der Waals surface area (Å²) in [6, 6.07) is 13.2. The fourth-order valence-electron chi connectivity index (χ4n) is 2.88. The topological polar surface area (TPSA) is 17.1 Å². The van der Waals surface area contributed by atoms with Gasteiger partial charge in [0.2, 0.25) is 0 Å². The molecular formula is C22H26OS. The first-order valence-electron chi connectivity index (χ1n) is 8.35. The minimum absolute atomic E-state index is 0.204. The maximum atomic E-state index is 11.4. The summed E-state index contributed by atoms with van der Waals surface area (Å²) in [5.74, 6) is 1.19. The average Bonchev–Trinajstić information content (AvgIpc) is 2.52. The predicted molar refractivity (Wildman–Crippen MR) is 106 cm³/mol. The molecule has 0 aliphatic carbocycles. The smallest absolute Gasteiger partial charge is 0.134 e. The molecule has 2 aromatic carbocycles. The van der Waals surface area contributed by atoms with Gasteiger partial charge in [0.25, 0.3) is 0 Å². The molecule has 126 valence electrons. The summed E-state index contributed by atoms with van der Waals surface area (Å²) in [4.78, 5) is 12.7. The van der Waals surface area contributed by atoms with E-state index in [9.17, 15) is 4.79 Å². The number of allylic oxidation sites excluding steroid dienone is 2. The molecule has 0 aliphatic heterocycles. The van der Waals surface area contributed by atoms with E-state index in [0.29, 0.717) is 6.42 Å². The molecule has 2 heteroatoms. The van der Waals surface area contributed by atoms with Crippen LogP contribution in [0.4, 0.5) is 0 Å². The van der Waals surface area contributed by atoms with Gasteiger partial charge in [-0.1, -0.05) is 35.9 Å². The Labute approximate surface area is 150 Å². The normalized spacial score (nSPS) is 11.6. The SMILES string of the molecule is C/C=C(/CC(C)=O)c1ccc(SCc2ccc(C)cc2C)cc1C. The van der Waals surface area contributed by atoms with E-state index in [1.165, 1.54) is 32.7 Å². The lowest BCUT2D eigenvalue weighted by molar-refractivity contribution is -0.116. The zero-order valence-electron chi connectivity index (χ0n) is 15.3. The lowest BCUT2D eigenvalue weighted by atomic mass is 9.97. The first-order chi connectivity index (χ1) is 11.4. The molecule has 0 bridgehead atoms. The van der Waals surface area contributed by atoms with Gasteiger partial charge >= 0.3 is 0 Å². The second kappa shape index (κ2) is 8.34. The average molecular weight is 339 g/mol. The number of thioether (sulfide) groups is 1. The number of ketones is 1. The third-order valence-corrected chi connectivity index (χ3v) is 5.27. The van der Waals surface area contributed by atoms with Crippen molar-refractivity contribution in [2.75, 3.05) is 0 Å². The predicted octanol–water partition coefficient (Wildman–Crippen LogP) is 6.29. The van der Waals surface area contributed by atoms with Crippen LogP contribution in [0.3, 0.4) is 0 Å². The fraction of sp³-hybridized carbons (Fsp3) is 0.318. The van der Waals surface area contributed by atoms with Crippen LogP contribution in [0.5, 0.6) is 0 Å². The summed E-state index contributed by atoms with van der Waals surface area (Å²) in [6.45, 7) is 10.1. The van der Waals surface area contributed by atoms with Crippen LogP contribution in [0, 0.1) is 20.8 Å². The van der Waals surface area contributed by atoms with Crippen molar-refractivity contribution in [1.29, 1.82) is 0 Å². The highest BCUT2D eigenvalue weighted by Crippen LogP contribution is 2.29. The maximum absolute atomic E-state index is 11.4. The van der Waals surface area contributed by atoms with Crippen LogP contribution >= 0.6 is 11.8 Å². The highest BCUT2D eigenvalue weighted by molar-refractivity contribution is 7.98. The second-order valence-electron chi connectivity index (χ2n) is 6.39. The lowest BCUT2D eigenvalue weighted by Gasteiger charge is -2.12. The molecule has 0 amide bonds. The van der Waals surface area contributed by atoms with E-state index in [0.717, 1.165) is 11.3 Å². The Balaban J connectivity index is 2.13. The number of benzene rings is 2. The number of aryl methyl sites for hydroxylation is 3. The molecule has 0 fully saturated rings. The Morgan fingerprint density at radius 3 is 2.38 bits per heavy atom. The molecule has 0 aromatic heterocycles. The minimum atomic E-state index is 0.204. The summed E-state index contributed by atoms with van der Waals surface area (Å²) in [5, 5.41) is 0. The van der Waals surface area contributed by atoms with Crippen LogP contribution in [0.2, 0.25) is 0 Å². The van der Waals surface area contributed by atoms with Gasteiger partial charge in [-0.15, -0.1) is 11.8 Å². The van der Waals surface area contributed by atoms with Crippen LogP contribution in [-0.4, -0.2) is 5.78 Å². The van der Waals surface area contributed by atoms with Gasteiger partial charge in [0.05, 0.1) is 0 Å². The van der Waals surface area contributed by atoms with Crippen molar-refractivity contribution in [1.82, 2.24) is 0 Å². The van der Waals surface area contributed by atoms with Gasteiger partial charge < -0.3 is 0 Å². The summed E-state index contributed by atoms with van der Waals surface area (Å²) in [6.07, 6.45) is 2.55. The van der Waals surface area contributed by atoms with Crippen LogP contribution in [0.1, 0.15) is 48.1 Å². The Bertz CT molecular complexity index is 772. The first kappa shape index (κ1) is 18.5. The van der Waals surface area contributed by atoms with Gasteiger partial charge in [-0.25, -0.2) is 0 Å². The molecular weight excluding hydrogens is 312 g/mol. The van der Waals surface area contributed by atoms with Crippen molar-refractivity contribution < 1.29 is 4.79 Å². The summed E-state index contributed by atoms with van der Waals surface area (Å²) in [7, 11) is 0. The Morgan fingerprint density at radius 1 is 1.04 bits per heavy atom. The van der Waals surface area contributed by atoms with Gasteiger partial charge in [-0.05, 0) is 74.6 Å². The molecule has 0 unspecified atom stereocenters. The Hall–Kier alpha value is -1.80. The van der Waals surface area contributed by atoms with Gasteiger partial charge in [0.15, 0.2) is 0 Å². The largest absolute Gasteiger partial charge is 0.300 e. The van der Waals surface area contributed by atoms with E-state index >= 15 is 0 Å². The van der Waals surface area contributed by atoms with Crippen molar-refractivity contribution in [2.24, 2.45) is 0 Å². The lowest BCUT2D eigenvalue weighted by Crippen LogP contribution is -1.96. The number of carbonyl (C=O) groups excluding carboxylic acids is 1. The van der Waals surface area contributed by atoms with Crippen LogP contribution in [0.25, 0.3) is 5.57 Å². The summed E-state index contributed by atoms with van der Waals surface area (Å²) in [5.41, 5.74) is 7.59. The second-order valence-corrected chi connectivity index (χ2v) is 7.44. The van der Waals surface area contributed by atoms with Gasteiger partial charge in [0, 0.05) is 17.1 Å². The molecule has 0 spiro atoms. The molecule has 24 heavy (non-hydrogen) atoms. The zero-order valence-corrected chi connectivity index (χ0v) is 16.1. The molecule has 0 atom stereocenters. The molecule has 2 aromatic rings. The van der Waals surface area contributed by atoms with Gasteiger partial charge in [0.1, 0.15) is 5.78 Å². The minimum Gasteiger partial charge on any atom is -0.300 e. The van der Waals surface area contributed by atoms with E-state index in [1.807, 2.05) is 24.8 Å². The first-order valence-corrected chi connectivity index (χ1v) is 9.34. The van der Waals surface area contributed by atoms with Crippen molar-refractivity contribution in [3.05, 3.63) is 70.3 Å². The Kier molecular flexibility index (Phi) is 6.44. The molecule has 0 saturated carbocycles. The van der Waals surface area contributed by atoms with Crippen molar-refractivity contribution in [2.45, 2.75) is 51.7 Å². The molecule has 0 heterocycles. The van der Waals surface area contributed by atoms with Crippen LogP contribution in [0.15, 0.2) is 47.4 Å². The molecule has 0 aliphatic rings. The molecule has 0 saturated heterocycles. The van der Waals surface area contributed by atoms with E-state index < -0.39 is 0 Å². The number of Topliss-reactive ketones (excluding diaryl/α,β-unsaturated/α-hetero) is 1. The number of carbonyl (C=O) groups is 1. The third-order valence-electron chi connectivity index (χ3n) is 4.22. The number of hydrogen-bond donors (Lipinski definition) is 0. The standard InChI is InChI=1S/C22H26OS/c1-6-19(13-18(5)23)22-10-9-21(12-17(22)4)24-14-20-8-7-15(2)11-16(20)3/h6-12H,13-14H2,1-5H3/b19-6-. The Morgan fingerprint density at radius 2 is 1.79 bits per heavy atom. The molecule has 0 N–H and O–H groups in total. The van der Waals surface area contributed by atoms with Crippen molar-refractivity contribution in [3.8, 4) is 0 Å². The fourth-order valence-corrected chi connectivity index (χ4v) is 3.95. The van der Waals surface area contributed by atoms with Gasteiger partial charge in [-0.2, -0.15) is 0 Å². The molecule has 0 radical (unpaired) electrons. The van der Waals surface area contributed by atoms with Crippen molar-refractivity contribution in [3.63, 3.8) is 0 Å².